The first-order valence-electron chi connectivity index (χ1n) is 21.4. The molecule has 0 bridgehead atoms. The lowest BCUT2D eigenvalue weighted by atomic mass is 9.67. The van der Waals surface area contributed by atoms with Crippen molar-refractivity contribution in [2.24, 2.45) is 0 Å². The summed E-state index contributed by atoms with van der Waals surface area (Å²) in [4.78, 5) is 15.1. The SMILES string of the molecule is c1ccc(-c2nc(-c3ccc(-c4cccc5c4Oc4cc6c(cc4O5)C(c4ccccc4)(c4ccccc4)c4ccccc4-6)cc3)nc(-c3ccc4c(c3)sc3ccccc34)n2)cc1. The normalized spacial score (nSPS) is 13.1. The number of para-hydroxylation sites is 1. The molecule has 1 aliphatic carbocycles. The summed E-state index contributed by atoms with van der Waals surface area (Å²) in [6.45, 7) is 0. The Morgan fingerprint density at radius 3 is 1.66 bits per heavy atom. The minimum Gasteiger partial charge on any atom is -0.449 e. The van der Waals surface area contributed by atoms with Crippen molar-refractivity contribution in [1.82, 2.24) is 15.0 Å². The average molecular weight is 838 g/mol. The van der Waals surface area contributed by atoms with Crippen molar-refractivity contribution in [2.75, 3.05) is 0 Å². The number of hydrogen-bond acceptors (Lipinski definition) is 6. The Balaban J connectivity index is 0.879. The van der Waals surface area contributed by atoms with Crippen LogP contribution >= 0.6 is 11.3 Å². The molecule has 300 valence electrons. The molecule has 0 N–H and O–H groups in total. The third kappa shape index (κ3) is 5.66. The quantitative estimate of drug-likeness (QED) is 0.167. The summed E-state index contributed by atoms with van der Waals surface area (Å²) in [5.74, 6) is 4.58. The molecule has 1 aliphatic heterocycles. The van der Waals surface area contributed by atoms with Gasteiger partial charge in [-0.15, -0.1) is 11.3 Å². The zero-order valence-corrected chi connectivity index (χ0v) is 35.1. The summed E-state index contributed by atoms with van der Waals surface area (Å²) in [6.07, 6.45) is 0. The highest BCUT2D eigenvalue weighted by Gasteiger charge is 2.47. The summed E-state index contributed by atoms with van der Waals surface area (Å²) < 4.78 is 16.2. The highest BCUT2D eigenvalue weighted by molar-refractivity contribution is 7.25. The van der Waals surface area contributed by atoms with Gasteiger partial charge in [0.1, 0.15) is 0 Å². The van der Waals surface area contributed by atoms with Crippen LogP contribution in [0.4, 0.5) is 0 Å². The Bertz CT molecular complexity index is 3570. The van der Waals surface area contributed by atoms with Gasteiger partial charge in [0, 0.05) is 42.4 Å². The van der Waals surface area contributed by atoms with E-state index in [1.165, 1.54) is 48.0 Å². The number of nitrogens with zero attached hydrogens (tertiary/aromatic N) is 3. The predicted octanol–water partition coefficient (Wildman–Crippen LogP) is 15.2. The fourth-order valence-electron chi connectivity index (χ4n) is 9.78. The molecule has 0 atom stereocenters. The predicted molar refractivity (Wildman–Crippen MR) is 258 cm³/mol. The van der Waals surface area contributed by atoms with E-state index in [-0.39, 0.29) is 0 Å². The fraction of sp³-hybridized carbons (Fsp3) is 0.0172. The van der Waals surface area contributed by atoms with E-state index in [1.54, 1.807) is 11.3 Å². The van der Waals surface area contributed by atoms with Gasteiger partial charge in [-0.2, -0.15) is 0 Å². The van der Waals surface area contributed by atoms with E-state index < -0.39 is 5.41 Å². The first kappa shape index (κ1) is 36.5. The van der Waals surface area contributed by atoms with Crippen molar-refractivity contribution in [2.45, 2.75) is 5.41 Å². The molecule has 0 spiro atoms. The molecule has 0 fully saturated rings. The zero-order valence-electron chi connectivity index (χ0n) is 34.3. The van der Waals surface area contributed by atoms with Crippen LogP contribution in [0.1, 0.15) is 22.3 Å². The Morgan fingerprint density at radius 1 is 0.344 bits per heavy atom. The molecule has 0 saturated heterocycles. The van der Waals surface area contributed by atoms with Crippen LogP contribution in [-0.2, 0) is 5.41 Å². The van der Waals surface area contributed by atoms with Crippen LogP contribution in [0.5, 0.6) is 23.0 Å². The average Bonchev–Trinajstić information content (AvgIpc) is 3.88. The Kier molecular flexibility index (Phi) is 8.23. The summed E-state index contributed by atoms with van der Waals surface area (Å²) in [5.41, 5.74) is 11.3. The number of ether oxygens (including phenoxy) is 2. The van der Waals surface area contributed by atoms with Crippen molar-refractivity contribution < 1.29 is 9.47 Å². The maximum atomic E-state index is 6.92. The first-order chi connectivity index (χ1) is 31.7. The molecule has 0 unspecified atom stereocenters. The van der Waals surface area contributed by atoms with Gasteiger partial charge in [-0.1, -0.05) is 182 Å². The van der Waals surface area contributed by atoms with Crippen LogP contribution in [0.15, 0.2) is 212 Å². The van der Waals surface area contributed by atoms with E-state index >= 15 is 0 Å². The first-order valence-corrected chi connectivity index (χ1v) is 22.2. The summed E-state index contributed by atoms with van der Waals surface area (Å²) >= 11 is 1.79. The van der Waals surface area contributed by atoms with E-state index in [2.05, 4.69) is 170 Å². The largest absolute Gasteiger partial charge is 0.449 e. The molecule has 11 aromatic rings. The Labute approximate surface area is 373 Å². The summed E-state index contributed by atoms with van der Waals surface area (Å²) in [7, 11) is 0. The Hall–Kier alpha value is -8.19. The number of benzene rings is 9. The molecule has 6 heteroatoms. The molecule has 64 heavy (non-hydrogen) atoms. The monoisotopic (exact) mass is 837 g/mol. The summed E-state index contributed by atoms with van der Waals surface area (Å²) in [5, 5.41) is 2.50. The third-order valence-electron chi connectivity index (χ3n) is 12.7. The second kappa shape index (κ2) is 14.4. The highest BCUT2D eigenvalue weighted by atomic mass is 32.1. The van der Waals surface area contributed by atoms with Crippen LogP contribution in [0.2, 0.25) is 0 Å². The molecule has 0 amide bonds. The molecular formula is C58H35N3O2S. The van der Waals surface area contributed by atoms with E-state index in [9.17, 15) is 0 Å². The van der Waals surface area contributed by atoms with Crippen molar-refractivity contribution in [3.63, 3.8) is 0 Å². The Morgan fingerprint density at radius 2 is 0.906 bits per heavy atom. The van der Waals surface area contributed by atoms with E-state index in [4.69, 9.17) is 24.4 Å². The van der Waals surface area contributed by atoms with E-state index in [0.717, 1.165) is 33.4 Å². The zero-order chi connectivity index (χ0) is 42.2. The minimum atomic E-state index is -0.537. The topological polar surface area (TPSA) is 57.1 Å². The van der Waals surface area contributed by atoms with Gasteiger partial charge < -0.3 is 9.47 Å². The van der Waals surface area contributed by atoms with Gasteiger partial charge in [0.15, 0.2) is 40.5 Å². The number of hydrogen-bond donors (Lipinski definition) is 0. The molecular weight excluding hydrogens is 803 g/mol. The lowest BCUT2D eigenvalue weighted by Gasteiger charge is -2.34. The maximum Gasteiger partial charge on any atom is 0.177 e. The van der Waals surface area contributed by atoms with Crippen molar-refractivity contribution in [3.8, 4) is 79.4 Å². The van der Waals surface area contributed by atoms with Gasteiger partial charge in [0.05, 0.1) is 5.41 Å². The molecule has 2 aromatic heterocycles. The van der Waals surface area contributed by atoms with Gasteiger partial charge in [0.2, 0.25) is 0 Å². The van der Waals surface area contributed by atoms with E-state index in [1.807, 2.05) is 42.5 Å². The number of fused-ring (bicyclic) bond motifs is 8. The highest BCUT2D eigenvalue weighted by Crippen LogP contribution is 2.60. The smallest absolute Gasteiger partial charge is 0.177 e. The van der Waals surface area contributed by atoms with Crippen LogP contribution in [-0.4, -0.2) is 15.0 Å². The van der Waals surface area contributed by atoms with Gasteiger partial charge in [-0.3, -0.25) is 0 Å². The number of thiophene rings is 1. The van der Waals surface area contributed by atoms with Gasteiger partial charge in [-0.25, -0.2) is 15.0 Å². The van der Waals surface area contributed by atoms with Crippen LogP contribution in [0, 0.1) is 0 Å². The van der Waals surface area contributed by atoms with Gasteiger partial charge in [0.25, 0.3) is 0 Å². The summed E-state index contributed by atoms with van der Waals surface area (Å²) in [6, 6.07) is 74.3. The standard InChI is InChI=1S/C58H35N3O2S/c1-4-15-37(16-5-1)55-59-56(61-57(60-55)39-31-32-45-44-22-11-13-26-52(44)64-53(45)33-39)38-29-27-36(28-30-38)42-23-14-25-49-54(42)63-50-34-46-43-21-10-12-24-47(43)58(40-17-6-2-7-18-40,41-19-8-3-9-20-41)48(46)35-51(50)62-49/h1-35H. The molecule has 0 saturated carbocycles. The molecule has 5 nitrogen and oxygen atoms in total. The van der Waals surface area contributed by atoms with Gasteiger partial charge >= 0.3 is 0 Å². The number of aromatic nitrogens is 3. The molecule has 3 heterocycles. The third-order valence-corrected chi connectivity index (χ3v) is 13.8. The fourth-order valence-corrected chi connectivity index (χ4v) is 10.9. The van der Waals surface area contributed by atoms with Crippen LogP contribution in [0.3, 0.4) is 0 Å². The maximum absolute atomic E-state index is 6.92. The molecule has 2 aliphatic rings. The lowest BCUT2D eigenvalue weighted by molar-refractivity contribution is 0.360. The van der Waals surface area contributed by atoms with Crippen molar-refractivity contribution in [3.05, 3.63) is 235 Å². The minimum absolute atomic E-state index is 0.537. The number of rotatable bonds is 6. The van der Waals surface area contributed by atoms with Crippen LogP contribution in [0.25, 0.3) is 76.6 Å². The van der Waals surface area contributed by atoms with Gasteiger partial charge in [-0.05, 0) is 69.3 Å². The van der Waals surface area contributed by atoms with Crippen molar-refractivity contribution in [1.29, 1.82) is 0 Å². The second-order valence-electron chi connectivity index (χ2n) is 16.3. The van der Waals surface area contributed by atoms with E-state index in [0.29, 0.717) is 40.5 Å². The molecule has 9 aromatic carbocycles. The molecule has 13 rings (SSSR count). The van der Waals surface area contributed by atoms with Crippen LogP contribution < -0.4 is 9.47 Å². The second-order valence-corrected chi connectivity index (χ2v) is 17.4. The molecule has 0 radical (unpaired) electrons. The lowest BCUT2D eigenvalue weighted by Crippen LogP contribution is -2.28. The van der Waals surface area contributed by atoms with Crippen molar-refractivity contribution >= 4 is 31.5 Å².